The summed E-state index contributed by atoms with van der Waals surface area (Å²) in [6, 6.07) is 23.7. The number of ether oxygens (including phenoxy) is 1. The van der Waals surface area contributed by atoms with Crippen LogP contribution in [-0.4, -0.2) is 26.4 Å². The van der Waals surface area contributed by atoms with Gasteiger partial charge in [0.25, 0.3) is 0 Å². The summed E-state index contributed by atoms with van der Waals surface area (Å²) in [4.78, 5) is 4.90. The number of aromatic nitrogens is 4. The van der Waals surface area contributed by atoms with Crippen molar-refractivity contribution in [2.75, 3.05) is 11.9 Å². The second-order valence-electron chi connectivity index (χ2n) is 7.51. The molecule has 0 atom stereocenters. The van der Waals surface area contributed by atoms with Crippen LogP contribution in [0.4, 0.5) is 5.82 Å². The Morgan fingerprint density at radius 2 is 1.84 bits per heavy atom. The molecule has 5 aromatic rings. The number of anilines is 1. The van der Waals surface area contributed by atoms with Gasteiger partial charge in [0.05, 0.1) is 12.1 Å². The van der Waals surface area contributed by atoms with Crippen LogP contribution < -0.4 is 10.1 Å². The van der Waals surface area contributed by atoms with E-state index in [1.165, 1.54) is 0 Å². The Kier molecular flexibility index (Phi) is 5.60. The molecule has 160 valence electrons. The topological polar surface area (TPSA) is 64.3 Å². The van der Waals surface area contributed by atoms with Crippen LogP contribution in [-0.2, 0) is 6.54 Å². The Morgan fingerprint density at radius 1 is 1.00 bits per heavy atom. The van der Waals surface area contributed by atoms with Gasteiger partial charge in [-0.25, -0.2) is 4.98 Å². The van der Waals surface area contributed by atoms with Gasteiger partial charge in [-0.15, -0.1) is 5.10 Å². The number of nitrogens with one attached hydrogen (secondary N) is 1. The molecule has 0 aliphatic carbocycles. The van der Waals surface area contributed by atoms with Crippen molar-refractivity contribution in [1.82, 2.24) is 19.8 Å². The van der Waals surface area contributed by atoms with Gasteiger partial charge in [-0.05, 0) is 48.4 Å². The lowest BCUT2D eigenvalue weighted by atomic mass is 10.1. The van der Waals surface area contributed by atoms with Gasteiger partial charge in [-0.3, -0.25) is 0 Å². The van der Waals surface area contributed by atoms with Crippen molar-refractivity contribution in [3.05, 3.63) is 83.4 Å². The van der Waals surface area contributed by atoms with Gasteiger partial charge in [-0.1, -0.05) is 60.1 Å². The number of rotatable bonds is 7. The van der Waals surface area contributed by atoms with E-state index < -0.39 is 0 Å². The molecule has 5 rings (SSSR count). The molecule has 6 nitrogen and oxygen atoms in total. The highest BCUT2D eigenvalue weighted by molar-refractivity contribution is 6.30. The van der Waals surface area contributed by atoms with Gasteiger partial charge >= 0.3 is 0 Å². The molecular weight excluding hydrogens is 422 g/mol. The first-order chi connectivity index (χ1) is 15.7. The second-order valence-corrected chi connectivity index (χ2v) is 7.94. The summed E-state index contributed by atoms with van der Waals surface area (Å²) >= 11 is 6.20. The minimum absolute atomic E-state index is 0.634. The largest absolute Gasteiger partial charge is 0.494 e. The molecule has 0 spiro atoms. The molecule has 0 saturated heterocycles. The van der Waals surface area contributed by atoms with Crippen LogP contribution in [0.15, 0.2) is 72.8 Å². The highest BCUT2D eigenvalue weighted by atomic mass is 35.5. The van der Waals surface area contributed by atoms with E-state index >= 15 is 0 Å². The minimum Gasteiger partial charge on any atom is -0.494 e. The molecule has 1 N–H and O–H groups in total. The van der Waals surface area contributed by atoms with Crippen molar-refractivity contribution in [3.8, 4) is 17.0 Å². The third-order valence-electron chi connectivity index (χ3n) is 5.21. The normalized spacial score (nSPS) is 11.2. The lowest BCUT2D eigenvalue weighted by Crippen LogP contribution is -2.05. The maximum Gasteiger partial charge on any atom is 0.186 e. The third-order valence-corrected chi connectivity index (χ3v) is 5.44. The van der Waals surface area contributed by atoms with E-state index in [4.69, 9.17) is 21.3 Å². The average Bonchev–Trinajstić information content (AvgIpc) is 3.26. The lowest BCUT2D eigenvalue weighted by Gasteiger charge is -2.11. The molecule has 2 aromatic heterocycles. The Morgan fingerprint density at radius 3 is 2.66 bits per heavy atom. The van der Waals surface area contributed by atoms with Crippen molar-refractivity contribution in [1.29, 1.82) is 0 Å². The quantitative estimate of drug-likeness (QED) is 0.334. The Labute approximate surface area is 190 Å². The summed E-state index contributed by atoms with van der Waals surface area (Å²) in [6.45, 7) is 3.46. The van der Waals surface area contributed by atoms with E-state index in [0.717, 1.165) is 46.6 Å². The number of para-hydroxylation sites is 1. The first kappa shape index (κ1) is 20.3. The van der Waals surface area contributed by atoms with Gasteiger partial charge < -0.3 is 10.1 Å². The molecule has 0 amide bonds. The third kappa shape index (κ3) is 3.97. The number of benzene rings is 3. The number of fused-ring (bicyclic) bond motifs is 3. The highest BCUT2D eigenvalue weighted by Gasteiger charge is 2.16. The van der Waals surface area contributed by atoms with Gasteiger partial charge in [0.15, 0.2) is 5.65 Å². The van der Waals surface area contributed by atoms with E-state index in [2.05, 4.69) is 34.7 Å². The standard InChI is InChI=1S/C25H22ClN5O/c1-2-14-32-20-12-10-17(11-13-20)16-27-24-21-8-3-4-9-22(21)31-25(28-24)23(29-30-31)18-6-5-7-19(26)15-18/h3-13,15H,2,14,16H2,1H3,(H,27,28). The van der Waals surface area contributed by atoms with Crippen molar-refractivity contribution in [2.24, 2.45) is 0 Å². The predicted octanol–water partition coefficient (Wildman–Crippen LogP) is 6.00. The lowest BCUT2D eigenvalue weighted by molar-refractivity contribution is 0.317. The number of nitrogens with zero attached hydrogens (tertiary/aromatic N) is 4. The van der Waals surface area contributed by atoms with Crippen molar-refractivity contribution < 1.29 is 4.74 Å². The number of hydrogen-bond donors (Lipinski definition) is 1. The molecule has 0 unspecified atom stereocenters. The van der Waals surface area contributed by atoms with Crippen LogP contribution in [0.25, 0.3) is 27.8 Å². The molecule has 0 saturated carbocycles. The molecule has 3 aromatic carbocycles. The minimum atomic E-state index is 0.634. The first-order valence-electron chi connectivity index (χ1n) is 10.6. The van der Waals surface area contributed by atoms with Crippen molar-refractivity contribution >= 4 is 34.0 Å². The monoisotopic (exact) mass is 443 g/mol. The Bertz CT molecular complexity index is 1380. The van der Waals surface area contributed by atoms with Crippen LogP contribution in [0.2, 0.25) is 5.02 Å². The summed E-state index contributed by atoms with van der Waals surface area (Å²) in [5.74, 6) is 1.67. The van der Waals surface area contributed by atoms with E-state index in [-0.39, 0.29) is 0 Å². The number of hydrogen-bond acceptors (Lipinski definition) is 5. The summed E-state index contributed by atoms with van der Waals surface area (Å²) in [6.07, 6.45) is 0.991. The zero-order valence-corrected chi connectivity index (χ0v) is 18.4. The van der Waals surface area contributed by atoms with Crippen molar-refractivity contribution in [2.45, 2.75) is 19.9 Å². The summed E-state index contributed by atoms with van der Waals surface area (Å²) < 4.78 is 7.45. The van der Waals surface area contributed by atoms with E-state index in [1.54, 1.807) is 4.52 Å². The molecule has 0 bridgehead atoms. The maximum absolute atomic E-state index is 6.20. The fraction of sp³-hybridized carbons (Fsp3) is 0.160. The molecular formula is C25H22ClN5O. The van der Waals surface area contributed by atoms with Gasteiger partial charge in [-0.2, -0.15) is 4.52 Å². The van der Waals surface area contributed by atoms with Crippen LogP contribution in [0.3, 0.4) is 0 Å². The molecule has 32 heavy (non-hydrogen) atoms. The molecule has 0 radical (unpaired) electrons. The van der Waals surface area contributed by atoms with Crippen LogP contribution >= 0.6 is 11.6 Å². The van der Waals surface area contributed by atoms with Crippen LogP contribution in [0, 0.1) is 0 Å². The second kappa shape index (κ2) is 8.85. The molecule has 0 aliphatic heterocycles. The van der Waals surface area contributed by atoms with Gasteiger partial charge in [0.2, 0.25) is 0 Å². The Hall–Kier alpha value is -3.64. The van der Waals surface area contributed by atoms with Gasteiger partial charge in [0.1, 0.15) is 17.3 Å². The molecule has 0 aliphatic rings. The fourth-order valence-corrected chi connectivity index (χ4v) is 3.82. The predicted molar refractivity (Wildman–Crippen MR) is 128 cm³/mol. The summed E-state index contributed by atoms with van der Waals surface area (Å²) in [5.41, 5.74) is 4.32. The highest BCUT2D eigenvalue weighted by Crippen LogP contribution is 2.29. The summed E-state index contributed by atoms with van der Waals surface area (Å²) in [7, 11) is 0. The van der Waals surface area contributed by atoms with E-state index in [1.807, 2.05) is 60.7 Å². The van der Waals surface area contributed by atoms with Crippen LogP contribution in [0.5, 0.6) is 5.75 Å². The maximum atomic E-state index is 6.20. The molecule has 0 fully saturated rings. The SMILES string of the molecule is CCCOc1ccc(CNc2nc3c(-c4cccc(Cl)c4)nnn3c3ccccc23)cc1. The average molecular weight is 444 g/mol. The first-order valence-corrected chi connectivity index (χ1v) is 11.0. The fourth-order valence-electron chi connectivity index (χ4n) is 3.63. The zero-order chi connectivity index (χ0) is 21.9. The van der Waals surface area contributed by atoms with Crippen molar-refractivity contribution in [3.63, 3.8) is 0 Å². The molecule has 2 heterocycles. The van der Waals surface area contributed by atoms with Gasteiger partial charge in [0, 0.05) is 22.5 Å². The smallest absolute Gasteiger partial charge is 0.186 e. The molecule has 7 heteroatoms. The summed E-state index contributed by atoms with van der Waals surface area (Å²) in [5, 5.41) is 13.9. The van der Waals surface area contributed by atoms with E-state index in [0.29, 0.717) is 22.9 Å². The zero-order valence-electron chi connectivity index (χ0n) is 17.6. The Balaban J connectivity index is 1.51. The van der Waals surface area contributed by atoms with Crippen LogP contribution in [0.1, 0.15) is 18.9 Å². The van der Waals surface area contributed by atoms with E-state index in [9.17, 15) is 0 Å². The number of halogens is 1.